The Bertz CT molecular complexity index is 866. The van der Waals surface area contributed by atoms with Crippen LogP contribution in [-0.2, 0) is 10.0 Å². The lowest BCUT2D eigenvalue weighted by Gasteiger charge is -2.21. The molecule has 1 aromatic rings. The fourth-order valence-electron chi connectivity index (χ4n) is 2.87. The molecule has 0 atom stereocenters. The van der Waals surface area contributed by atoms with Crippen LogP contribution in [0.5, 0.6) is 0 Å². The third-order valence-corrected chi connectivity index (χ3v) is 5.88. The molecule has 0 saturated heterocycles. The number of hydrogen-bond acceptors (Lipinski definition) is 4. The molecule has 0 heterocycles. The van der Waals surface area contributed by atoms with Gasteiger partial charge in [-0.1, -0.05) is 54.8 Å². The van der Waals surface area contributed by atoms with E-state index in [1.807, 2.05) is 0 Å². The predicted molar refractivity (Wildman–Crippen MR) is 105 cm³/mol. The Hall–Kier alpha value is -2.48. The molecule has 6 nitrogen and oxygen atoms in total. The molecule has 0 aliphatic heterocycles. The van der Waals surface area contributed by atoms with Crippen molar-refractivity contribution in [3.05, 3.63) is 79.1 Å². The number of rotatable bonds is 8. The second-order valence-corrected chi connectivity index (χ2v) is 7.95. The standard InChI is InChI=1S/C20H24N2O4S/c1-3-5-11-17(9-4-2)21-20(23)16-10-8-14-19(15-16)27(25,26)22(24)18-12-6-7-13-18/h3-5,8-11,14-15,18,24H,1-2,6-7,12-13H2,(H,21,23)/b11-5-,17-9+. The van der Waals surface area contributed by atoms with E-state index >= 15 is 0 Å². The first-order valence-corrected chi connectivity index (χ1v) is 10.1. The molecular formula is C20H24N2O4S. The lowest BCUT2D eigenvalue weighted by molar-refractivity contribution is -0.0334. The number of allylic oxidation sites excluding steroid dienone is 5. The molecule has 1 saturated carbocycles. The van der Waals surface area contributed by atoms with E-state index in [9.17, 15) is 18.4 Å². The molecule has 1 aliphatic carbocycles. The fraction of sp³-hybridized carbons (Fsp3) is 0.250. The smallest absolute Gasteiger partial charge is 0.265 e. The third-order valence-electron chi connectivity index (χ3n) is 4.24. The normalized spacial score (nSPS) is 16.0. The van der Waals surface area contributed by atoms with Crippen LogP contribution in [0.25, 0.3) is 0 Å². The molecule has 0 aromatic heterocycles. The quantitative estimate of drug-likeness (QED) is 0.527. The molecule has 7 heteroatoms. The molecule has 0 spiro atoms. The molecule has 2 N–H and O–H groups in total. The van der Waals surface area contributed by atoms with Crippen LogP contribution in [-0.4, -0.2) is 30.0 Å². The zero-order valence-corrected chi connectivity index (χ0v) is 15.9. The number of hydrogen-bond donors (Lipinski definition) is 2. The summed E-state index contributed by atoms with van der Waals surface area (Å²) in [6, 6.07) is 5.18. The number of benzene rings is 1. The highest BCUT2D eigenvalue weighted by molar-refractivity contribution is 7.89. The van der Waals surface area contributed by atoms with E-state index in [-0.39, 0.29) is 10.5 Å². The van der Waals surface area contributed by atoms with Gasteiger partial charge in [-0.15, -0.1) is 0 Å². The average molecular weight is 388 g/mol. The minimum absolute atomic E-state index is 0.125. The van der Waals surface area contributed by atoms with Crippen LogP contribution < -0.4 is 5.32 Å². The van der Waals surface area contributed by atoms with E-state index in [4.69, 9.17) is 0 Å². The van der Waals surface area contributed by atoms with Gasteiger partial charge < -0.3 is 5.32 Å². The number of hydroxylamine groups is 1. The predicted octanol–water partition coefficient (Wildman–Crippen LogP) is 3.55. The molecule has 144 valence electrons. The summed E-state index contributed by atoms with van der Waals surface area (Å²) in [4.78, 5) is 12.4. The summed E-state index contributed by atoms with van der Waals surface area (Å²) < 4.78 is 25.8. The lowest BCUT2D eigenvalue weighted by Crippen LogP contribution is -2.36. The summed E-state index contributed by atoms with van der Waals surface area (Å²) in [6.45, 7) is 7.16. The van der Waals surface area contributed by atoms with Gasteiger partial charge in [-0.2, -0.15) is 0 Å². The van der Waals surface area contributed by atoms with Gasteiger partial charge in [0.1, 0.15) is 0 Å². The highest BCUT2D eigenvalue weighted by atomic mass is 32.2. The average Bonchev–Trinajstić information content (AvgIpc) is 3.20. The monoisotopic (exact) mass is 388 g/mol. The van der Waals surface area contributed by atoms with E-state index in [1.165, 1.54) is 30.3 Å². The van der Waals surface area contributed by atoms with Gasteiger partial charge in [-0.3, -0.25) is 10.0 Å². The first kappa shape index (κ1) is 20.8. The highest BCUT2D eigenvalue weighted by Crippen LogP contribution is 2.27. The van der Waals surface area contributed by atoms with Crippen molar-refractivity contribution in [2.75, 3.05) is 0 Å². The zero-order chi connectivity index (χ0) is 19.9. The van der Waals surface area contributed by atoms with E-state index in [2.05, 4.69) is 18.5 Å². The maximum Gasteiger partial charge on any atom is 0.265 e. The van der Waals surface area contributed by atoms with Crippen LogP contribution in [0.1, 0.15) is 36.0 Å². The van der Waals surface area contributed by atoms with Crippen molar-refractivity contribution in [1.82, 2.24) is 9.79 Å². The Morgan fingerprint density at radius 3 is 2.56 bits per heavy atom. The van der Waals surface area contributed by atoms with Crippen LogP contribution >= 0.6 is 0 Å². The Labute approximate surface area is 160 Å². The third kappa shape index (κ3) is 5.26. The SMILES string of the molecule is C=C/C=C\C(=C/C=C)NC(=O)c1cccc(S(=O)(=O)N(O)C2CCCC2)c1. The topological polar surface area (TPSA) is 86.7 Å². The number of amides is 1. The Morgan fingerprint density at radius 1 is 1.22 bits per heavy atom. The van der Waals surface area contributed by atoms with Crippen molar-refractivity contribution in [2.24, 2.45) is 0 Å². The van der Waals surface area contributed by atoms with Gasteiger partial charge >= 0.3 is 0 Å². The summed E-state index contributed by atoms with van der Waals surface area (Å²) >= 11 is 0. The molecule has 1 aromatic carbocycles. The van der Waals surface area contributed by atoms with E-state index in [1.54, 1.807) is 24.3 Å². The van der Waals surface area contributed by atoms with Gasteiger partial charge in [-0.25, -0.2) is 8.42 Å². The van der Waals surface area contributed by atoms with Gasteiger partial charge in [0.05, 0.1) is 10.9 Å². The van der Waals surface area contributed by atoms with E-state index in [0.717, 1.165) is 12.8 Å². The Balaban J connectivity index is 2.24. The van der Waals surface area contributed by atoms with Crippen molar-refractivity contribution in [2.45, 2.75) is 36.6 Å². The van der Waals surface area contributed by atoms with Crippen LogP contribution in [0.3, 0.4) is 0 Å². The van der Waals surface area contributed by atoms with Gasteiger partial charge in [0.2, 0.25) is 0 Å². The molecule has 27 heavy (non-hydrogen) atoms. The van der Waals surface area contributed by atoms with Gasteiger partial charge in [0.25, 0.3) is 15.9 Å². The minimum atomic E-state index is -4.08. The van der Waals surface area contributed by atoms with Gasteiger partial charge in [0.15, 0.2) is 0 Å². The van der Waals surface area contributed by atoms with Crippen LogP contribution in [0.4, 0.5) is 0 Å². The number of carbonyl (C=O) groups is 1. The number of sulfonamides is 1. The van der Waals surface area contributed by atoms with Gasteiger partial charge in [0, 0.05) is 11.3 Å². The zero-order valence-electron chi connectivity index (χ0n) is 15.0. The number of nitrogens with zero attached hydrogens (tertiary/aromatic N) is 1. The highest BCUT2D eigenvalue weighted by Gasteiger charge is 2.32. The van der Waals surface area contributed by atoms with Crippen LogP contribution in [0.15, 0.2) is 78.4 Å². The second-order valence-electron chi connectivity index (χ2n) is 6.15. The Morgan fingerprint density at radius 2 is 1.93 bits per heavy atom. The van der Waals surface area contributed by atoms with Crippen molar-refractivity contribution < 1.29 is 18.4 Å². The molecule has 0 bridgehead atoms. The van der Waals surface area contributed by atoms with Crippen molar-refractivity contribution >= 4 is 15.9 Å². The minimum Gasteiger partial charge on any atom is -0.322 e. The molecule has 1 amide bonds. The van der Waals surface area contributed by atoms with Crippen molar-refractivity contribution in [3.8, 4) is 0 Å². The molecule has 2 rings (SSSR count). The first-order valence-electron chi connectivity index (χ1n) is 8.66. The summed E-state index contributed by atoms with van der Waals surface area (Å²) in [7, 11) is -4.08. The maximum atomic E-state index is 12.7. The second kappa shape index (κ2) is 9.45. The largest absolute Gasteiger partial charge is 0.322 e. The van der Waals surface area contributed by atoms with Crippen LogP contribution in [0.2, 0.25) is 0 Å². The van der Waals surface area contributed by atoms with Gasteiger partial charge in [-0.05, 0) is 43.2 Å². The number of carbonyl (C=O) groups excluding carboxylic acids is 1. The van der Waals surface area contributed by atoms with Crippen LogP contribution in [0, 0.1) is 0 Å². The molecule has 1 aliphatic rings. The molecule has 0 radical (unpaired) electrons. The molecular weight excluding hydrogens is 364 g/mol. The number of nitrogens with one attached hydrogen (secondary N) is 1. The van der Waals surface area contributed by atoms with Crippen molar-refractivity contribution in [3.63, 3.8) is 0 Å². The summed E-state index contributed by atoms with van der Waals surface area (Å²) in [5, 5.41) is 12.9. The first-order chi connectivity index (χ1) is 12.9. The molecule has 0 unspecified atom stereocenters. The maximum absolute atomic E-state index is 12.7. The summed E-state index contributed by atoms with van der Waals surface area (Å²) in [5.74, 6) is -0.473. The van der Waals surface area contributed by atoms with E-state index < -0.39 is 22.0 Å². The fourth-order valence-corrected chi connectivity index (χ4v) is 4.21. The Kier molecular flexibility index (Phi) is 7.29. The lowest BCUT2D eigenvalue weighted by atomic mass is 10.2. The molecule has 1 fully saturated rings. The van der Waals surface area contributed by atoms with E-state index in [0.29, 0.717) is 23.0 Å². The summed E-state index contributed by atoms with van der Waals surface area (Å²) in [5.41, 5.74) is 0.649. The van der Waals surface area contributed by atoms with Crippen molar-refractivity contribution in [1.29, 1.82) is 0 Å². The summed E-state index contributed by atoms with van der Waals surface area (Å²) in [6.07, 6.45) is 11.0.